The smallest absolute Gasteiger partial charge is 0.193 e. The molecule has 8 aliphatic heterocycles. The third-order valence-corrected chi connectivity index (χ3v) is 39.3. The highest BCUT2D eigenvalue weighted by atomic mass is 28.4. The van der Waals surface area contributed by atoms with Crippen molar-refractivity contribution in [1.29, 1.82) is 0 Å². The van der Waals surface area contributed by atoms with Gasteiger partial charge >= 0.3 is 0 Å². The lowest BCUT2D eigenvalue weighted by atomic mass is 9.81. The van der Waals surface area contributed by atoms with Crippen LogP contribution in [0.3, 0.4) is 0 Å². The summed E-state index contributed by atoms with van der Waals surface area (Å²) in [4.78, 5) is 15.0. The lowest BCUT2D eigenvalue weighted by molar-refractivity contribution is -0.269. The van der Waals surface area contributed by atoms with Gasteiger partial charge in [-0.15, -0.1) is 0 Å². The van der Waals surface area contributed by atoms with E-state index in [1.807, 2.05) is 0 Å². The summed E-state index contributed by atoms with van der Waals surface area (Å²) in [6, 6.07) is 0. The lowest BCUT2D eigenvalue weighted by Crippen LogP contribution is -2.67. The van der Waals surface area contributed by atoms with Gasteiger partial charge in [-0.2, -0.15) is 0 Å². The Hall–Kier alpha value is -0.682. The molecule has 0 aromatic rings. The second-order valence-electron chi connectivity index (χ2n) is 31.7. The van der Waals surface area contributed by atoms with E-state index in [0.717, 1.165) is 50.5 Å². The van der Waals surface area contributed by atoms with Crippen molar-refractivity contribution in [2.45, 2.75) is 338 Å². The van der Waals surface area contributed by atoms with E-state index in [1.165, 1.54) is 5.57 Å². The number of Topliss-reactive ketones (excluding diaryl/α,β-unsaturated/α-hetero) is 1. The molecule has 17 atom stereocenters. The summed E-state index contributed by atoms with van der Waals surface area (Å²) in [7, 11) is -7.53. The molecule has 8 heterocycles. The summed E-state index contributed by atoms with van der Waals surface area (Å²) >= 11 is 0. The fourth-order valence-electron chi connectivity index (χ4n) is 11.9. The zero-order valence-corrected chi connectivity index (χ0v) is 58.7. The molecular weight excluding hydrogens is 1070 g/mol. The number of carbonyl (C=O) groups excluding carboxylic acids is 1. The van der Waals surface area contributed by atoms with Crippen molar-refractivity contribution in [3.8, 4) is 0 Å². The van der Waals surface area contributed by atoms with Crippen molar-refractivity contribution < 1.29 is 56.0 Å². The highest BCUT2D eigenvalue weighted by Gasteiger charge is 2.56. The average Bonchev–Trinajstić information content (AvgIpc) is 3.83. The maximum atomic E-state index is 15.0. The van der Waals surface area contributed by atoms with Crippen molar-refractivity contribution in [3.63, 3.8) is 0 Å². The molecule has 16 heteroatoms. The Morgan fingerprint density at radius 2 is 1.23 bits per heavy atom. The van der Waals surface area contributed by atoms with Crippen LogP contribution in [0.4, 0.5) is 0 Å². The molecule has 5 fully saturated rings. The van der Waals surface area contributed by atoms with E-state index in [2.05, 4.69) is 168 Å². The number of aliphatic hydroxyl groups is 1. The van der Waals surface area contributed by atoms with Crippen LogP contribution in [-0.2, 0) is 50.9 Å². The Bertz CT molecular complexity index is 2100. The lowest BCUT2D eigenvalue weighted by Gasteiger charge is -2.53. The van der Waals surface area contributed by atoms with Crippen molar-refractivity contribution >= 4 is 39.1 Å². The number of rotatable bonds is 12. The molecule has 0 aromatic carbocycles. The zero-order valence-electron chi connectivity index (χ0n) is 54.7. The van der Waals surface area contributed by atoms with Crippen LogP contribution in [0.1, 0.15) is 173 Å². The fourth-order valence-corrected chi connectivity index (χ4v) is 16.9. The molecule has 1 N–H and O–H groups in total. The maximum Gasteiger partial charge on any atom is 0.193 e. The van der Waals surface area contributed by atoms with Gasteiger partial charge in [-0.25, -0.2) is 0 Å². The summed E-state index contributed by atoms with van der Waals surface area (Å²) in [5.41, 5.74) is 2.24. The first kappa shape index (κ1) is 68.4. The Balaban J connectivity index is 1.35. The van der Waals surface area contributed by atoms with Crippen LogP contribution in [0.2, 0.25) is 72.5 Å². The molecule has 0 radical (unpaired) electrons. The number of ketones is 1. The molecule has 8 rings (SSSR count). The standard InChI is InChI=1S/C64H118O12Si4/c1-41-34-46-30-32-50-42(2)35-45(69-50)28-26-25-27-29-52(75-79(21,22)63(10,11)12)59-60(76-80(23,24)64(13,14)15)56(66)58-51(73-59)33-31-47(71-58)36-44(65)37-49-54(39-53(70-46)43(41)3)72-55(57(49)67-16)38-48(74-78(19,20)62(7,8)9)40-68-77(17,18)61(4,5)6/h27,29,41,45-60,66H,2-3,25-26,28,30-40H2,1,4-24H3/b29-27+/t41?,45?,46?,47?,48?,49?,50-,51+,52?,53?,54?,55?,56+,57-,58?,59?,60?/m1/s1. The summed E-state index contributed by atoms with van der Waals surface area (Å²) in [5, 5.41) is 12.6. The second-order valence-corrected chi connectivity index (χ2v) is 50.8. The van der Waals surface area contributed by atoms with Gasteiger partial charge in [0.15, 0.2) is 33.3 Å². The molecule has 8 aliphatic rings. The second kappa shape index (κ2) is 26.3. The molecular formula is C64H118O12Si4. The number of carbonyl (C=O) groups is 1. The van der Waals surface area contributed by atoms with E-state index in [9.17, 15) is 9.90 Å². The van der Waals surface area contributed by atoms with E-state index in [-0.39, 0.29) is 99.4 Å². The summed E-state index contributed by atoms with van der Waals surface area (Å²) in [5.74, 6) is 0.0753. The fraction of sp³-hybridized carbons (Fsp3) is 0.891. The van der Waals surface area contributed by atoms with Crippen molar-refractivity contribution in [3.05, 3.63) is 36.5 Å². The van der Waals surface area contributed by atoms with Gasteiger partial charge in [0.2, 0.25) is 0 Å². The summed E-state index contributed by atoms with van der Waals surface area (Å²) < 4.78 is 70.9. The minimum Gasteiger partial charge on any atom is -0.414 e. The molecule has 462 valence electrons. The van der Waals surface area contributed by atoms with Crippen molar-refractivity contribution in [1.82, 2.24) is 0 Å². The molecule has 0 saturated carbocycles. The first-order valence-electron chi connectivity index (χ1n) is 31.4. The SMILES string of the molecule is C=C1C(C)CC2CC[C@H]3OC(CCC/C=C/C(O[Si](C)(C)C(C)(C)C)C4O[C@H]5CCC(CC(=O)CC6C(CC1O2)OC(CC(CO[Si](C)(C)C(C)(C)C)O[Si](C)(C)C(C)(C)C)[C@@H]6OC)OC5[C@H](O)C4O[Si](C)(C)C(C)(C)C)CC3=C. The number of fused-ring (bicyclic) bond motifs is 2. The minimum atomic E-state index is -2.50. The number of aliphatic hydroxyl groups excluding tert-OH is 1. The molecule has 80 heavy (non-hydrogen) atoms. The Morgan fingerprint density at radius 3 is 1.84 bits per heavy atom. The number of hydrogen-bond acceptors (Lipinski definition) is 12. The van der Waals surface area contributed by atoms with E-state index < -0.39 is 76.0 Å². The molecule has 0 amide bonds. The van der Waals surface area contributed by atoms with Gasteiger partial charge in [-0.05, 0) is 147 Å². The summed E-state index contributed by atoms with van der Waals surface area (Å²) in [6.45, 7) is 57.3. The van der Waals surface area contributed by atoms with Gasteiger partial charge < -0.3 is 51.2 Å². The van der Waals surface area contributed by atoms with Crippen LogP contribution in [-0.4, -0.2) is 149 Å². The first-order chi connectivity index (χ1) is 36.6. The number of hydrogen-bond donors (Lipinski definition) is 1. The molecule has 0 aliphatic carbocycles. The van der Waals surface area contributed by atoms with Gasteiger partial charge in [-0.1, -0.05) is 115 Å². The van der Waals surface area contributed by atoms with Crippen molar-refractivity contribution in [2.24, 2.45) is 11.8 Å². The first-order valence-corrected chi connectivity index (χ1v) is 43.0. The third-order valence-electron chi connectivity index (χ3n) is 21.4. The molecule has 8 bridgehead atoms. The highest BCUT2D eigenvalue weighted by molar-refractivity contribution is 6.75. The van der Waals surface area contributed by atoms with E-state index in [0.29, 0.717) is 32.3 Å². The average molecular weight is 1190 g/mol. The van der Waals surface area contributed by atoms with Crippen LogP contribution >= 0.6 is 0 Å². The molecule has 5 saturated heterocycles. The van der Waals surface area contributed by atoms with Crippen molar-refractivity contribution in [2.75, 3.05) is 13.7 Å². The third kappa shape index (κ3) is 16.7. The Labute approximate surface area is 492 Å². The van der Waals surface area contributed by atoms with Crippen LogP contribution in [0.25, 0.3) is 0 Å². The van der Waals surface area contributed by atoms with E-state index >= 15 is 0 Å². The van der Waals surface area contributed by atoms with Crippen LogP contribution in [0, 0.1) is 11.8 Å². The van der Waals surface area contributed by atoms with Gasteiger partial charge in [0, 0.05) is 38.7 Å². The normalized spacial score (nSPS) is 36.3. The Kier molecular flexibility index (Phi) is 22.5. The number of methoxy groups -OCH3 is 1. The van der Waals surface area contributed by atoms with Gasteiger partial charge in [0.1, 0.15) is 30.2 Å². The quantitative estimate of drug-likeness (QED) is 0.147. The summed E-state index contributed by atoms with van der Waals surface area (Å²) in [6.07, 6.45) is 7.86. The van der Waals surface area contributed by atoms with Gasteiger partial charge in [0.05, 0.1) is 73.8 Å². The predicted octanol–water partition coefficient (Wildman–Crippen LogP) is 15.0. The maximum absolute atomic E-state index is 15.0. The highest BCUT2D eigenvalue weighted by Crippen LogP contribution is 2.47. The predicted molar refractivity (Wildman–Crippen MR) is 335 cm³/mol. The van der Waals surface area contributed by atoms with Crippen LogP contribution < -0.4 is 0 Å². The Morgan fingerprint density at radius 1 is 0.637 bits per heavy atom. The number of allylic oxidation sites excluding steroid dienone is 1. The minimum absolute atomic E-state index is 0.00585. The molecule has 13 unspecified atom stereocenters. The number of ether oxygens (including phenoxy) is 6. The van der Waals surface area contributed by atoms with E-state index in [4.69, 9.17) is 46.1 Å². The van der Waals surface area contributed by atoms with Gasteiger partial charge in [-0.3, -0.25) is 4.79 Å². The zero-order chi connectivity index (χ0) is 59.9. The molecule has 12 nitrogen and oxygen atoms in total. The van der Waals surface area contributed by atoms with Crippen LogP contribution in [0.15, 0.2) is 36.5 Å². The largest absolute Gasteiger partial charge is 0.414 e. The molecule has 0 aromatic heterocycles. The van der Waals surface area contributed by atoms with Crippen LogP contribution in [0.5, 0.6) is 0 Å². The monoisotopic (exact) mass is 1190 g/mol. The van der Waals surface area contributed by atoms with Gasteiger partial charge in [0.25, 0.3) is 0 Å². The topological polar surface area (TPSA) is 130 Å². The molecule has 0 spiro atoms. The van der Waals surface area contributed by atoms with E-state index in [1.54, 1.807) is 7.11 Å².